The molecule has 1 atom stereocenters. The molecule has 1 aromatic carbocycles. The maximum absolute atomic E-state index is 13.9. The predicted molar refractivity (Wildman–Crippen MR) is 77.5 cm³/mol. The van der Waals surface area contributed by atoms with E-state index in [4.69, 9.17) is 0 Å². The van der Waals surface area contributed by atoms with Gasteiger partial charge < -0.3 is 4.90 Å². The third-order valence-corrected chi connectivity index (χ3v) is 4.21. The third kappa shape index (κ3) is 1.85. The Morgan fingerprint density at radius 3 is 3.00 bits per heavy atom. The first-order chi connectivity index (χ1) is 10.6. The molecule has 0 bridgehead atoms. The molecule has 0 spiro atoms. The van der Waals surface area contributed by atoms with Crippen molar-refractivity contribution in [2.45, 2.75) is 19.4 Å². The summed E-state index contributed by atoms with van der Waals surface area (Å²) in [4.78, 5) is 10.5. The van der Waals surface area contributed by atoms with Crippen molar-refractivity contribution in [1.29, 1.82) is 0 Å². The molecule has 1 aliphatic heterocycles. The fourth-order valence-electron chi connectivity index (χ4n) is 3.12. The number of hydrogen-bond donors (Lipinski definition) is 1. The minimum Gasteiger partial charge on any atom is -0.349 e. The van der Waals surface area contributed by atoms with Crippen LogP contribution >= 0.6 is 0 Å². The number of H-pyrrole nitrogens is 1. The van der Waals surface area contributed by atoms with Gasteiger partial charge in [-0.15, -0.1) is 0 Å². The van der Waals surface area contributed by atoms with Crippen LogP contribution in [0.15, 0.2) is 24.7 Å². The number of aromatic amines is 1. The second-order valence-electron chi connectivity index (χ2n) is 5.40. The number of anilines is 1. The van der Waals surface area contributed by atoms with Crippen LogP contribution < -0.4 is 4.90 Å². The Bertz CT molecular complexity index is 860. The molecule has 0 amide bonds. The van der Waals surface area contributed by atoms with Gasteiger partial charge >= 0.3 is 0 Å². The van der Waals surface area contributed by atoms with E-state index in [1.807, 2.05) is 11.8 Å². The first kappa shape index (κ1) is 13.1. The predicted octanol–water partition coefficient (Wildman–Crippen LogP) is 2.75. The molecule has 1 N–H and O–H groups in total. The lowest BCUT2D eigenvalue weighted by Crippen LogP contribution is -2.35. The number of hydrogen-bond acceptors (Lipinski definition) is 4. The highest BCUT2D eigenvalue weighted by Crippen LogP contribution is 2.36. The summed E-state index contributed by atoms with van der Waals surface area (Å²) >= 11 is 0. The smallest absolute Gasteiger partial charge is 0.160 e. The molecule has 0 saturated carbocycles. The van der Waals surface area contributed by atoms with Crippen LogP contribution in [0.25, 0.3) is 11.0 Å². The molecule has 7 heteroatoms. The highest BCUT2D eigenvalue weighted by atomic mass is 19.1. The number of benzene rings is 1. The largest absolute Gasteiger partial charge is 0.349 e. The zero-order valence-electron chi connectivity index (χ0n) is 11.8. The van der Waals surface area contributed by atoms with Gasteiger partial charge in [0.2, 0.25) is 0 Å². The third-order valence-electron chi connectivity index (χ3n) is 4.21. The minimum atomic E-state index is -0.555. The Kier molecular flexibility index (Phi) is 2.82. The Hall–Kier alpha value is -2.57. The maximum Gasteiger partial charge on any atom is 0.160 e. The molecule has 2 aromatic heterocycles. The number of rotatable bonds is 1. The van der Waals surface area contributed by atoms with Gasteiger partial charge in [0, 0.05) is 12.6 Å². The van der Waals surface area contributed by atoms with E-state index >= 15 is 0 Å². The molecule has 0 radical (unpaired) electrons. The quantitative estimate of drug-likeness (QED) is 0.751. The summed E-state index contributed by atoms with van der Waals surface area (Å²) in [5, 5.41) is 7.58. The molecular weight excluding hydrogens is 288 g/mol. The van der Waals surface area contributed by atoms with Crippen molar-refractivity contribution in [1.82, 2.24) is 20.2 Å². The van der Waals surface area contributed by atoms with Gasteiger partial charge in [0.05, 0.1) is 17.6 Å². The summed E-state index contributed by atoms with van der Waals surface area (Å²) in [5.41, 5.74) is 1.90. The molecule has 22 heavy (non-hydrogen) atoms. The first-order valence-electron chi connectivity index (χ1n) is 7.03. The molecule has 1 aliphatic rings. The van der Waals surface area contributed by atoms with Crippen LogP contribution in [0.1, 0.15) is 24.1 Å². The van der Waals surface area contributed by atoms with Gasteiger partial charge in [0.15, 0.2) is 5.65 Å². The van der Waals surface area contributed by atoms with E-state index in [0.717, 1.165) is 17.3 Å². The average molecular weight is 301 g/mol. The zero-order chi connectivity index (χ0) is 15.3. The van der Waals surface area contributed by atoms with Gasteiger partial charge in [-0.1, -0.05) is 0 Å². The van der Waals surface area contributed by atoms with Crippen LogP contribution in [0.5, 0.6) is 0 Å². The van der Waals surface area contributed by atoms with Gasteiger partial charge in [-0.25, -0.2) is 18.7 Å². The molecule has 4 rings (SSSR count). The van der Waals surface area contributed by atoms with E-state index in [2.05, 4.69) is 20.2 Å². The van der Waals surface area contributed by atoms with E-state index < -0.39 is 11.6 Å². The zero-order valence-corrected chi connectivity index (χ0v) is 11.8. The van der Waals surface area contributed by atoms with E-state index in [1.165, 1.54) is 12.4 Å². The molecule has 112 valence electrons. The van der Waals surface area contributed by atoms with Crippen molar-refractivity contribution < 1.29 is 8.78 Å². The van der Waals surface area contributed by atoms with Crippen LogP contribution in [-0.2, 0) is 6.42 Å². The van der Waals surface area contributed by atoms with Crippen molar-refractivity contribution >= 4 is 16.9 Å². The van der Waals surface area contributed by atoms with Gasteiger partial charge in [0.25, 0.3) is 0 Å². The van der Waals surface area contributed by atoms with Crippen LogP contribution in [0.3, 0.4) is 0 Å². The Morgan fingerprint density at radius 2 is 2.14 bits per heavy atom. The highest BCUT2D eigenvalue weighted by Gasteiger charge is 2.29. The summed E-state index contributed by atoms with van der Waals surface area (Å²) in [6.07, 6.45) is 3.64. The lowest BCUT2D eigenvalue weighted by Gasteiger charge is -2.36. The highest BCUT2D eigenvalue weighted by molar-refractivity contribution is 5.86. The van der Waals surface area contributed by atoms with E-state index in [0.29, 0.717) is 29.7 Å². The molecular formula is C15H13F2N5. The number of fused-ring (bicyclic) bond motifs is 2. The number of aromatic nitrogens is 4. The van der Waals surface area contributed by atoms with Crippen molar-refractivity contribution in [3.8, 4) is 0 Å². The van der Waals surface area contributed by atoms with Crippen LogP contribution in [0, 0.1) is 11.6 Å². The summed E-state index contributed by atoms with van der Waals surface area (Å²) in [7, 11) is 0. The summed E-state index contributed by atoms with van der Waals surface area (Å²) in [6.45, 7) is 2.53. The Morgan fingerprint density at radius 1 is 1.27 bits per heavy atom. The minimum absolute atomic E-state index is 0.179. The van der Waals surface area contributed by atoms with Crippen molar-refractivity contribution in [2.75, 3.05) is 11.4 Å². The SMILES string of the molecule is CC1c2cc(F)cc(F)c2CCN1c1ncnc2[nH]ncc12. The summed E-state index contributed by atoms with van der Waals surface area (Å²) in [5.74, 6) is -0.305. The molecule has 0 fully saturated rings. The van der Waals surface area contributed by atoms with Crippen molar-refractivity contribution in [2.24, 2.45) is 0 Å². The van der Waals surface area contributed by atoms with Crippen molar-refractivity contribution in [3.63, 3.8) is 0 Å². The Balaban J connectivity index is 1.83. The first-order valence-corrected chi connectivity index (χ1v) is 7.03. The lowest BCUT2D eigenvalue weighted by molar-refractivity contribution is 0.535. The second kappa shape index (κ2) is 4.72. The fourth-order valence-corrected chi connectivity index (χ4v) is 3.12. The average Bonchev–Trinajstić information content (AvgIpc) is 2.97. The number of halogens is 2. The lowest BCUT2D eigenvalue weighted by atomic mass is 9.92. The summed E-state index contributed by atoms with van der Waals surface area (Å²) < 4.78 is 27.5. The molecule has 3 aromatic rings. The second-order valence-corrected chi connectivity index (χ2v) is 5.40. The molecule has 0 saturated heterocycles. The monoisotopic (exact) mass is 301 g/mol. The van der Waals surface area contributed by atoms with E-state index in [1.54, 1.807) is 6.20 Å². The van der Waals surface area contributed by atoms with Crippen molar-refractivity contribution in [3.05, 3.63) is 47.4 Å². The van der Waals surface area contributed by atoms with Gasteiger partial charge in [0.1, 0.15) is 23.8 Å². The fraction of sp³-hybridized carbons (Fsp3) is 0.267. The summed E-state index contributed by atoms with van der Waals surface area (Å²) in [6, 6.07) is 2.17. The topological polar surface area (TPSA) is 57.7 Å². The maximum atomic E-state index is 13.9. The number of nitrogens with zero attached hydrogens (tertiary/aromatic N) is 4. The normalized spacial score (nSPS) is 17.8. The number of nitrogens with one attached hydrogen (secondary N) is 1. The standard InChI is InChI=1S/C15H13F2N5/c1-8-11-4-9(16)5-13(17)10(11)2-3-22(8)15-12-6-20-21-14(12)18-7-19-15/h4-8H,2-3H2,1H3,(H,18,19,20,21). The van der Waals surface area contributed by atoms with Crippen LogP contribution in [0.2, 0.25) is 0 Å². The van der Waals surface area contributed by atoms with Crippen LogP contribution in [0.4, 0.5) is 14.6 Å². The van der Waals surface area contributed by atoms with E-state index in [9.17, 15) is 8.78 Å². The molecule has 0 aliphatic carbocycles. The molecule has 3 heterocycles. The Labute approximate surface area is 125 Å². The van der Waals surface area contributed by atoms with E-state index in [-0.39, 0.29) is 6.04 Å². The van der Waals surface area contributed by atoms with Gasteiger partial charge in [-0.05, 0) is 30.5 Å². The van der Waals surface area contributed by atoms with Gasteiger partial charge in [-0.2, -0.15) is 5.10 Å². The van der Waals surface area contributed by atoms with Gasteiger partial charge in [-0.3, -0.25) is 5.10 Å². The molecule has 1 unspecified atom stereocenters. The van der Waals surface area contributed by atoms with Crippen LogP contribution in [-0.4, -0.2) is 26.7 Å². The molecule has 5 nitrogen and oxygen atoms in total.